The fourth-order valence-corrected chi connectivity index (χ4v) is 7.90. The van der Waals surface area contributed by atoms with E-state index in [2.05, 4.69) is 36.2 Å². The molecule has 4 aliphatic rings. The van der Waals surface area contributed by atoms with Crippen LogP contribution in [0.3, 0.4) is 0 Å². The van der Waals surface area contributed by atoms with Crippen LogP contribution in [0.2, 0.25) is 0 Å². The molecular formula is C27H32ClNO3. The number of oxazole rings is 1. The zero-order chi connectivity index (χ0) is 22.3. The van der Waals surface area contributed by atoms with Gasteiger partial charge in [0.2, 0.25) is 0 Å². The Hall–Kier alpha value is -1.62. The van der Waals surface area contributed by atoms with Crippen LogP contribution in [0, 0.1) is 24.2 Å². The van der Waals surface area contributed by atoms with Crippen molar-refractivity contribution in [3.63, 3.8) is 0 Å². The summed E-state index contributed by atoms with van der Waals surface area (Å²) in [7, 11) is 0. The van der Waals surface area contributed by atoms with Gasteiger partial charge in [0, 0.05) is 12.8 Å². The largest absolute Gasteiger partial charge is 0.441 e. The lowest BCUT2D eigenvalue weighted by Crippen LogP contribution is -2.61. The number of aromatic nitrogens is 1. The van der Waals surface area contributed by atoms with E-state index in [9.17, 15) is 10.2 Å². The van der Waals surface area contributed by atoms with Crippen molar-refractivity contribution < 1.29 is 14.6 Å². The predicted molar refractivity (Wildman–Crippen MR) is 126 cm³/mol. The van der Waals surface area contributed by atoms with Crippen LogP contribution < -0.4 is 0 Å². The Bertz CT molecular complexity index is 1150. The number of aliphatic hydroxyl groups is 2. The van der Waals surface area contributed by atoms with Crippen LogP contribution in [0.15, 0.2) is 40.3 Å². The summed E-state index contributed by atoms with van der Waals surface area (Å²) >= 11 is 7.34. The molecule has 1 aromatic heterocycles. The molecule has 0 spiro atoms. The van der Waals surface area contributed by atoms with Crippen LogP contribution in [0.1, 0.15) is 69.7 Å². The number of rotatable bonds is 1. The van der Waals surface area contributed by atoms with Gasteiger partial charge >= 0.3 is 0 Å². The summed E-state index contributed by atoms with van der Waals surface area (Å²) in [6.45, 7) is 4.19. The molecule has 5 unspecified atom stereocenters. The van der Waals surface area contributed by atoms with Crippen molar-refractivity contribution in [3.8, 4) is 0 Å². The highest BCUT2D eigenvalue weighted by Gasteiger charge is 2.64. The van der Waals surface area contributed by atoms with Crippen molar-refractivity contribution in [3.05, 3.63) is 47.4 Å². The average Bonchev–Trinajstić information content (AvgIpc) is 3.26. The Labute approximate surface area is 194 Å². The molecule has 2 saturated carbocycles. The van der Waals surface area contributed by atoms with Crippen LogP contribution in [0.4, 0.5) is 0 Å². The van der Waals surface area contributed by atoms with Gasteiger partial charge in [-0.2, -0.15) is 0 Å². The van der Waals surface area contributed by atoms with Crippen molar-refractivity contribution in [1.82, 2.24) is 4.98 Å². The Morgan fingerprint density at radius 3 is 2.84 bits per heavy atom. The summed E-state index contributed by atoms with van der Waals surface area (Å²) in [4.78, 5) is 3.68. The van der Waals surface area contributed by atoms with Crippen molar-refractivity contribution in [2.24, 2.45) is 17.3 Å². The van der Waals surface area contributed by atoms with E-state index in [0.29, 0.717) is 18.2 Å². The second kappa shape index (κ2) is 6.94. The highest BCUT2D eigenvalue weighted by atomic mass is 35.5. The lowest BCUT2D eigenvalue weighted by atomic mass is 9.54. The van der Waals surface area contributed by atoms with Crippen LogP contribution in [-0.2, 0) is 0 Å². The molecule has 170 valence electrons. The second-order valence-electron chi connectivity index (χ2n) is 10.9. The number of benzene rings is 1. The van der Waals surface area contributed by atoms with E-state index in [1.54, 1.807) is 0 Å². The maximum atomic E-state index is 12.3. The topological polar surface area (TPSA) is 66.5 Å². The zero-order valence-electron chi connectivity index (χ0n) is 18.9. The number of fused-ring (bicyclic) bond motifs is 5. The van der Waals surface area contributed by atoms with Crippen LogP contribution >= 0.6 is 11.6 Å². The number of nitrogens with zero attached hydrogens (tertiary/aromatic N) is 1. The van der Waals surface area contributed by atoms with Crippen LogP contribution in [-0.4, -0.2) is 31.8 Å². The Morgan fingerprint density at radius 2 is 2.00 bits per heavy atom. The SMILES string of the molecule is Cc1nc2ccc(C3=CCC4C3(C)CCC3(Cl)C=C5CC(O)CCC5CC[C@]43O)cc2o1. The molecule has 0 amide bonds. The summed E-state index contributed by atoms with van der Waals surface area (Å²) < 4.78 is 5.80. The summed E-state index contributed by atoms with van der Waals surface area (Å²) in [5, 5.41) is 22.6. The lowest BCUT2D eigenvalue weighted by molar-refractivity contribution is -0.106. The third kappa shape index (κ3) is 2.85. The first kappa shape index (κ1) is 20.9. The number of alkyl halides is 1. The number of allylic oxidation sites excluding steroid dienone is 2. The van der Waals surface area contributed by atoms with E-state index in [1.807, 2.05) is 13.0 Å². The minimum absolute atomic E-state index is 0.0744. The molecule has 2 fully saturated rings. The van der Waals surface area contributed by atoms with Crippen molar-refractivity contribution in [2.75, 3.05) is 0 Å². The minimum atomic E-state index is -0.956. The first-order chi connectivity index (χ1) is 15.2. The molecule has 2 N–H and O–H groups in total. The maximum Gasteiger partial charge on any atom is 0.192 e. The quantitative estimate of drug-likeness (QED) is 0.415. The van der Waals surface area contributed by atoms with E-state index in [-0.39, 0.29) is 17.4 Å². The van der Waals surface area contributed by atoms with Gasteiger partial charge in [-0.3, -0.25) is 0 Å². The molecule has 1 heterocycles. The van der Waals surface area contributed by atoms with E-state index in [1.165, 1.54) is 11.1 Å². The van der Waals surface area contributed by atoms with Gasteiger partial charge in [0.05, 0.1) is 16.6 Å². The highest BCUT2D eigenvalue weighted by Crippen LogP contribution is 2.65. The highest BCUT2D eigenvalue weighted by molar-refractivity contribution is 6.26. The number of hydrogen-bond donors (Lipinski definition) is 2. The molecule has 0 bridgehead atoms. The van der Waals surface area contributed by atoms with Gasteiger partial charge in [0.25, 0.3) is 0 Å². The second-order valence-corrected chi connectivity index (χ2v) is 11.6. The molecule has 0 saturated heterocycles. The van der Waals surface area contributed by atoms with Crippen LogP contribution in [0.25, 0.3) is 16.7 Å². The van der Waals surface area contributed by atoms with Gasteiger partial charge in [0.1, 0.15) is 5.52 Å². The van der Waals surface area contributed by atoms with Gasteiger partial charge in [-0.25, -0.2) is 4.98 Å². The Kier molecular flexibility index (Phi) is 4.55. The average molecular weight is 454 g/mol. The number of aliphatic hydroxyl groups excluding tert-OH is 1. The summed E-state index contributed by atoms with van der Waals surface area (Å²) in [6.07, 6.45) is 11.0. The van der Waals surface area contributed by atoms with Gasteiger partial charge in [-0.15, -0.1) is 11.6 Å². The summed E-state index contributed by atoms with van der Waals surface area (Å²) in [6, 6.07) is 6.28. The van der Waals surface area contributed by atoms with E-state index >= 15 is 0 Å². The first-order valence-electron chi connectivity index (χ1n) is 12.1. The van der Waals surface area contributed by atoms with E-state index in [4.69, 9.17) is 16.0 Å². The maximum absolute atomic E-state index is 12.3. The molecule has 0 radical (unpaired) electrons. The molecule has 2 aromatic rings. The summed E-state index contributed by atoms with van der Waals surface area (Å²) in [5.74, 6) is 1.20. The first-order valence-corrected chi connectivity index (χ1v) is 12.5. The normalized spacial score (nSPS) is 41.3. The van der Waals surface area contributed by atoms with Gasteiger partial charge in [-0.1, -0.05) is 30.7 Å². The molecule has 5 heteroatoms. The number of aryl methyl sites for hydroxylation is 1. The van der Waals surface area contributed by atoms with E-state index in [0.717, 1.165) is 61.6 Å². The monoisotopic (exact) mass is 453 g/mol. The Morgan fingerprint density at radius 1 is 1.16 bits per heavy atom. The molecule has 0 aliphatic heterocycles. The molecule has 4 aliphatic carbocycles. The molecule has 1 aromatic carbocycles. The van der Waals surface area contributed by atoms with Gasteiger partial charge < -0.3 is 14.6 Å². The third-order valence-electron chi connectivity index (χ3n) is 9.18. The number of hydrogen-bond acceptors (Lipinski definition) is 4. The molecule has 6 rings (SSSR count). The lowest BCUT2D eigenvalue weighted by Gasteiger charge is -2.56. The number of halogens is 1. The van der Waals surface area contributed by atoms with Gasteiger partial charge in [0.15, 0.2) is 11.5 Å². The van der Waals surface area contributed by atoms with Crippen molar-refractivity contribution in [1.29, 1.82) is 0 Å². The molecular weight excluding hydrogens is 422 g/mol. The summed E-state index contributed by atoms with van der Waals surface area (Å²) in [5.41, 5.74) is 4.34. The fraction of sp³-hybridized carbons (Fsp3) is 0.593. The molecule has 32 heavy (non-hydrogen) atoms. The minimum Gasteiger partial charge on any atom is -0.441 e. The van der Waals surface area contributed by atoms with Crippen molar-refractivity contribution >= 4 is 28.3 Å². The molecule has 4 nitrogen and oxygen atoms in total. The van der Waals surface area contributed by atoms with E-state index < -0.39 is 10.5 Å². The zero-order valence-corrected chi connectivity index (χ0v) is 19.7. The molecule has 6 atom stereocenters. The fourth-order valence-electron chi connectivity index (χ4n) is 7.44. The van der Waals surface area contributed by atoms with Crippen LogP contribution in [0.5, 0.6) is 0 Å². The standard InChI is InChI=1S/C27H32ClNO3/c1-16-29-22-7-4-18(14-23(22)32-16)21-6-8-24-25(21,2)11-12-26(28)15-19-13-20(30)5-3-17(19)9-10-27(24,26)31/h4,6-7,14-15,17,20,24,30-31H,3,5,8-13H2,1-2H3/t17?,20?,24?,25?,26?,27-/m0/s1. The Balaban J connectivity index is 1.38. The van der Waals surface area contributed by atoms with Gasteiger partial charge in [-0.05, 0) is 86.0 Å². The predicted octanol–water partition coefficient (Wildman–Crippen LogP) is 5.93. The third-order valence-corrected chi connectivity index (χ3v) is 9.81. The smallest absolute Gasteiger partial charge is 0.192 e. The van der Waals surface area contributed by atoms with Crippen molar-refractivity contribution in [2.45, 2.75) is 81.8 Å².